The molecule has 0 saturated heterocycles. The first-order chi connectivity index (χ1) is 11.8. The van der Waals surface area contributed by atoms with E-state index in [0.717, 1.165) is 33.0 Å². The number of aromatic nitrogens is 1. The minimum Gasteiger partial charge on any atom is -0.493 e. The van der Waals surface area contributed by atoms with Gasteiger partial charge in [0.1, 0.15) is 10.8 Å². The van der Waals surface area contributed by atoms with Crippen molar-refractivity contribution in [3.63, 3.8) is 0 Å². The summed E-state index contributed by atoms with van der Waals surface area (Å²) >= 11 is 1.60. The second-order valence-electron chi connectivity index (χ2n) is 5.63. The number of carbonyl (C=O) groups is 1. The fraction of sp³-hybridized carbons (Fsp3) is 0.222. The highest BCUT2D eigenvalue weighted by atomic mass is 32.1. The van der Waals surface area contributed by atoms with E-state index in [1.54, 1.807) is 11.3 Å². The average Bonchev–Trinajstić information content (AvgIpc) is 3.03. The molecule has 6 heteroatoms. The van der Waals surface area contributed by atoms with Crippen molar-refractivity contribution in [3.8, 4) is 5.75 Å². The fourth-order valence-electron chi connectivity index (χ4n) is 2.85. The molecule has 4 rings (SSSR count). The van der Waals surface area contributed by atoms with Crippen molar-refractivity contribution < 1.29 is 9.53 Å². The van der Waals surface area contributed by atoms with E-state index in [2.05, 4.69) is 15.6 Å². The summed E-state index contributed by atoms with van der Waals surface area (Å²) in [4.78, 5) is 16.7. The zero-order valence-corrected chi connectivity index (χ0v) is 13.8. The number of ether oxygens (including phenoxy) is 1. The van der Waals surface area contributed by atoms with E-state index in [-0.39, 0.29) is 12.1 Å². The maximum absolute atomic E-state index is 12.2. The van der Waals surface area contributed by atoms with Crippen LogP contribution in [-0.2, 0) is 6.54 Å². The lowest BCUT2D eigenvalue weighted by atomic mass is 10.0. The van der Waals surface area contributed by atoms with Crippen molar-refractivity contribution >= 4 is 27.6 Å². The molecule has 2 aromatic carbocycles. The summed E-state index contributed by atoms with van der Waals surface area (Å²) in [5.41, 5.74) is 2.00. The summed E-state index contributed by atoms with van der Waals surface area (Å²) in [7, 11) is 0. The lowest BCUT2D eigenvalue weighted by Crippen LogP contribution is -2.39. The topological polar surface area (TPSA) is 63.2 Å². The Morgan fingerprint density at radius 2 is 2.04 bits per heavy atom. The minimum absolute atomic E-state index is 0.0229. The number of nitrogens with one attached hydrogen (secondary N) is 2. The smallest absolute Gasteiger partial charge is 0.315 e. The van der Waals surface area contributed by atoms with Crippen LogP contribution in [0.2, 0.25) is 0 Å². The molecule has 2 N–H and O–H groups in total. The van der Waals surface area contributed by atoms with Gasteiger partial charge in [-0.25, -0.2) is 9.78 Å². The van der Waals surface area contributed by atoms with Crippen LogP contribution in [0.1, 0.15) is 23.0 Å². The first kappa shape index (κ1) is 15.0. The van der Waals surface area contributed by atoms with Crippen LogP contribution in [0.15, 0.2) is 48.5 Å². The number of urea groups is 1. The van der Waals surface area contributed by atoms with Gasteiger partial charge in [0.15, 0.2) is 0 Å². The molecule has 5 nitrogen and oxygen atoms in total. The van der Waals surface area contributed by atoms with E-state index in [4.69, 9.17) is 4.74 Å². The van der Waals surface area contributed by atoms with Gasteiger partial charge in [0.2, 0.25) is 0 Å². The Kier molecular flexibility index (Phi) is 4.04. The molecule has 2 amide bonds. The Bertz CT molecular complexity index is 844. The molecule has 0 unspecified atom stereocenters. The fourth-order valence-corrected chi connectivity index (χ4v) is 3.76. The maximum atomic E-state index is 12.2. The Hall–Kier alpha value is -2.60. The Morgan fingerprint density at radius 3 is 2.96 bits per heavy atom. The molecule has 0 saturated carbocycles. The quantitative estimate of drug-likeness (QED) is 0.766. The molecule has 2 heterocycles. The van der Waals surface area contributed by atoms with Gasteiger partial charge < -0.3 is 15.4 Å². The SMILES string of the molecule is O=C(NCc1nc2ccccc2s1)N[C@@H]1CCOc2ccccc21. The number of para-hydroxylation sites is 2. The lowest BCUT2D eigenvalue weighted by Gasteiger charge is -2.26. The van der Waals surface area contributed by atoms with Crippen molar-refractivity contribution in [1.82, 2.24) is 15.6 Å². The highest BCUT2D eigenvalue weighted by Crippen LogP contribution is 2.31. The van der Waals surface area contributed by atoms with Gasteiger partial charge in [-0.15, -0.1) is 11.3 Å². The van der Waals surface area contributed by atoms with E-state index in [0.29, 0.717) is 13.2 Å². The van der Waals surface area contributed by atoms with Gasteiger partial charge >= 0.3 is 6.03 Å². The first-order valence-electron chi connectivity index (χ1n) is 7.90. The third-order valence-electron chi connectivity index (χ3n) is 4.00. The zero-order chi connectivity index (χ0) is 16.4. The van der Waals surface area contributed by atoms with Crippen molar-refractivity contribution in [2.24, 2.45) is 0 Å². The number of benzene rings is 2. The van der Waals surface area contributed by atoms with Gasteiger partial charge in [0, 0.05) is 12.0 Å². The van der Waals surface area contributed by atoms with Gasteiger partial charge in [-0.2, -0.15) is 0 Å². The van der Waals surface area contributed by atoms with Crippen molar-refractivity contribution in [3.05, 3.63) is 59.1 Å². The summed E-state index contributed by atoms with van der Waals surface area (Å²) in [5, 5.41) is 6.82. The number of rotatable bonds is 3. The monoisotopic (exact) mass is 339 g/mol. The number of thiazole rings is 1. The lowest BCUT2D eigenvalue weighted by molar-refractivity contribution is 0.223. The second-order valence-corrected chi connectivity index (χ2v) is 6.75. The van der Waals surface area contributed by atoms with Crippen molar-refractivity contribution in [1.29, 1.82) is 0 Å². The van der Waals surface area contributed by atoms with Crippen LogP contribution in [0.25, 0.3) is 10.2 Å². The molecule has 1 atom stereocenters. The van der Waals surface area contributed by atoms with Crippen LogP contribution in [0.4, 0.5) is 4.79 Å². The van der Waals surface area contributed by atoms with E-state index < -0.39 is 0 Å². The molecule has 1 aliphatic rings. The molecule has 122 valence electrons. The largest absolute Gasteiger partial charge is 0.493 e. The van der Waals surface area contributed by atoms with E-state index in [9.17, 15) is 4.79 Å². The predicted molar refractivity (Wildman–Crippen MR) is 94.3 cm³/mol. The Balaban J connectivity index is 1.39. The number of hydrogen-bond acceptors (Lipinski definition) is 4. The molecule has 1 aliphatic heterocycles. The number of amides is 2. The molecule has 0 fully saturated rings. The summed E-state index contributed by atoms with van der Waals surface area (Å²) in [6.07, 6.45) is 0.769. The third kappa shape index (κ3) is 3.05. The van der Waals surface area contributed by atoms with Crippen LogP contribution in [-0.4, -0.2) is 17.6 Å². The minimum atomic E-state index is -0.184. The molecular formula is C18H17N3O2S. The van der Waals surface area contributed by atoms with Crippen LogP contribution in [0, 0.1) is 0 Å². The van der Waals surface area contributed by atoms with Gasteiger partial charge in [-0.1, -0.05) is 30.3 Å². The van der Waals surface area contributed by atoms with Gasteiger partial charge in [0.25, 0.3) is 0 Å². The van der Waals surface area contributed by atoms with Crippen molar-refractivity contribution in [2.45, 2.75) is 19.0 Å². The van der Waals surface area contributed by atoms with Crippen LogP contribution < -0.4 is 15.4 Å². The van der Waals surface area contributed by atoms with Crippen LogP contribution >= 0.6 is 11.3 Å². The third-order valence-corrected chi connectivity index (χ3v) is 5.04. The van der Waals surface area contributed by atoms with E-state index >= 15 is 0 Å². The molecule has 3 aromatic rings. The number of carbonyl (C=O) groups excluding carboxylic acids is 1. The molecule has 0 aliphatic carbocycles. The van der Waals surface area contributed by atoms with Gasteiger partial charge in [0.05, 0.1) is 29.4 Å². The molecular weight excluding hydrogens is 322 g/mol. The summed E-state index contributed by atoms with van der Waals surface area (Å²) < 4.78 is 6.75. The Labute approximate surface area is 143 Å². The van der Waals surface area contributed by atoms with Crippen LogP contribution in [0.5, 0.6) is 5.75 Å². The summed E-state index contributed by atoms with van der Waals surface area (Å²) in [5.74, 6) is 0.847. The number of hydrogen-bond donors (Lipinski definition) is 2. The zero-order valence-electron chi connectivity index (χ0n) is 13.0. The molecule has 0 radical (unpaired) electrons. The summed E-state index contributed by atoms with van der Waals surface area (Å²) in [6, 6.07) is 15.6. The molecule has 24 heavy (non-hydrogen) atoms. The molecule has 0 bridgehead atoms. The molecule has 0 spiro atoms. The second kappa shape index (κ2) is 6.49. The van der Waals surface area contributed by atoms with E-state index in [1.165, 1.54) is 0 Å². The standard InChI is InChI=1S/C18H17N3O2S/c22-18(19-11-17-20-14-6-2-4-8-16(14)24-17)21-13-9-10-23-15-7-3-1-5-12(13)15/h1-8,13H,9-11H2,(H2,19,21,22)/t13-/m1/s1. The van der Waals surface area contributed by atoms with Gasteiger partial charge in [-0.3, -0.25) is 0 Å². The van der Waals surface area contributed by atoms with Gasteiger partial charge in [-0.05, 0) is 18.2 Å². The highest BCUT2D eigenvalue weighted by molar-refractivity contribution is 7.18. The molecule has 1 aromatic heterocycles. The highest BCUT2D eigenvalue weighted by Gasteiger charge is 2.22. The maximum Gasteiger partial charge on any atom is 0.315 e. The first-order valence-corrected chi connectivity index (χ1v) is 8.72. The van der Waals surface area contributed by atoms with Crippen molar-refractivity contribution in [2.75, 3.05) is 6.61 Å². The number of fused-ring (bicyclic) bond motifs is 2. The summed E-state index contributed by atoms with van der Waals surface area (Å²) in [6.45, 7) is 1.04. The number of nitrogens with zero attached hydrogens (tertiary/aromatic N) is 1. The predicted octanol–water partition coefficient (Wildman–Crippen LogP) is 3.62. The van der Waals surface area contributed by atoms with Crippen LogP contribution in [0.3, 0.4) is 0 Å². The Morgan fingerprint density at radius 1 is 1.21 bits per heavy atom. The van der Waals surface area contributed by atoms with E-state index in [1.807, 2.05) is 48.5 Å². The normalized spacial score (nSPS) is 16.2. The average molecular weight is 339 g/mol.